The second-order valence-corrected chi connectivity index (χ2v) is 8.46. The predicted octanol–water partition coefficient (Wildman–Crippen LogP) is 4.07. The zero-order valence-corrected chi connectivity index (χ0v) is 20.4. The zero-order chi connectivity index (χ0) is 24.8. The molecule has 0 radical (unpaired) electrons. The molecule has 0 aliphatic carbocycles. The molecule has 35 heavy (non-hydrogen) atoms. The molecule has 1 aliphatic heterocycles. The first-order valence-electron chi connectivity index (χ1n) is 11.8. The number of anilines is 1. The number of hydrogen-bond acceptors (Lipinski definition) is 8. The third kappa shape index (κ3) is 5.93. The maximum Gasteiger partial charge on any atom is 0.232 e. The lowest BCUT2D eigenvalue weighted by atomic mass is 10.1. The highest BCUT2D eigenvalue weighted by atomic mass is 19.1. The maximum atomic E-state index is 13.6. The molecular formula is C26H32FN3O5. The second kappa shape index (κ2) is 11.5. The highest BCUT2D eigenvalue weighted by Gasteiger charge is 2.25. The molecule has 0 amide bonds. The number of aromatic nitrogens is 1. The summed E-state index contributed by atoms with van der Waals surface area (Å²) < 4.78 is 35.5. The molecule has 0 saturated heterocycles. The van der Waals surface area contributed by atoms with Crippen molar-refractivity contribution in [2.24, 2.45) is 0 Å². The van der Waals surface area contributed by atoms with Crippen LogP contribution in [0.3, 0.4) is 0 Å². The molecule has 0 spiro atoms. The van der Waals surface area contributed by atoms with Gasteiger partial charge < -0.3 is 28.7 Å². The molecule has 0 bridgehead atoms. The van der Waals surface area contributed by atoms with E-state index in [0.717, 1.165) is 35.5 Å². The van der Waals surface area contributed by atoms with Gasteiger partial charge in [-0.1, -0.05) is 11.2 Å². The van der Waals surface area contributed by atoms with E-state index in [2.05, 4.69) is 28.8 Å². The number of hydrogen-bond donors (Lipinski definition) is 1. The molecule has 2 aromatic carbocycles. The summed E-state index contributed by atoms with van der Waals surface area (Å²) in [6, 6.07) is 12.1. The van der Waals surface area contributed by atoms with Crippen LogP contribution in [-0.2, 0) is 17.8 Å². The van der Waals surface area contributed by atoms with Crippen molar-refractivity contribution in [3.63, 3.8) is 0 Å². The van der Waals surface area contributed by atoms with Gasteiger partial charge in [0.05, 0.1) is 18.3 Å². The summed E-state index contributed by atoms with van der Waals surface area (Å²) in [5.41, 5.74) is 3.32. The molecular weight excluding hydrogens is 453 g/mol. The van der Waals surface area contributed by atoms with Gasteiger partial charge in [0, 0.05) is 45.4 Å². The molecule has 1 atom stereocenters. The van der Waals surface area contributed by atoms with Crippen LogP contribution < -0.4 is 14.4 Å². The lowest BCUT2D eigenvalue weighted by Gasteiger charge is -2.26. The van der Waals surface area contributed by atoms with E-state index in [4.69, 9.17) is 18.7 Å². The Morgan fingerprint density at radius 2 is 1.80 bits per heavy atom. The van der Waals surface area contributed by atoms with Crippen molar-refractivity contribution in [2.45, 2.75) is 33.0 Å². The van der Waals surface area contributed by atoms with Crippen molar-refractivity contribution < 1.29 is 28.2 Å². The highest BCUT2D eigenvalue weighted by molar-refractivity contribution is 5.68. The van der Waals surface area contributed by atoms with Gasteiger partial charge in [-0.05, 0) is 55.8 Å². The minimum atomic E-state index is -0.681. The van der Waals surface area contributed by atoms with Gasteiger partial charge >= 0.3 is 0 Å². The number of benzene rings is 2. The van der Waals surface area contributed by atoms with Crippen LogP contribution in [0.5, 0.6) is 11.5 Å². The molecule has 4 rings (SSSR count). The first-order chi connectivity index (χ1) is 17.0. The Morgan fingerprint density at radius 1 is 1.06 bits per heavy atom. The molecule has 9 heteroatoms. The van der Waals surface area contributed by atoms with Crippen LogP contribution >= 0.6 is 0 Å². The number of ether oxygens (including phenoxy) is 3. The van der Waals surface area contributed by atoms with Gasteiger partial charge in [-0.25, -0.2) is 4.39 Å². The van der Waals surface area contributed by atoms with E-state index in [9.17, 15) is 9.50 Å². The Balaban J connectivity index is 1.68. The minimum absolute atomic E-state index is 0.212. The van der Waals surface area contributed by atoms with E-state index in [1.54, 1.807) is 19.2 Å². The third-order valence-electron chi connectivity index (χ3n) is 5.99. The quantitative estimate of drug-likeness (QED) is 0.411. The third-order valence-corrected chi connectivity index (χ3v) is 5.99. The van der Waals surface area contributed by atoms with Crippen LogP contribution in [0.2, 0.25) is 0 Å². The van der Waals surface area contributed by atoms with E-state index >= 15 is 0 Å². The second-order valence-electron chi connectivity index (χ2n) is 8.46. The van der Waals surface area contributed by atoms with E-state index < -0.39 is 6.10 Å². The van der Waals surface area contributed by atoms with Crippen molar-refractivity contribution in [1.29, 1.82) is 0 Å². The van der Waals surface area contributed by atoms with Gasteiger partial charge in [-0.2, -0.15) is 0 Å². The number of fused-ring (bicyclic) bond motifs is 1. The summed E-state index contributed by atoms with van der Waals surface area (Å²) in [5.74, 6) is 1.79. The molecule has 1 aliphatic rings. The SMILES string of the molecule is CCN(CC)c1onc(-c2ccc(F)cc2)c1CN(Cc1ccc2c(c1)OCO2)CC(O)COC. The molecule has 3 aromatic rings. The average molecular weight is 486 g/mol. The zero-order valence-electron chi connectivity index (χ0n) is 20.4. The average Bonchev–Trinajstić information content (AvgIpc) is 3.48. The molecule has 1 aromatic heterocycles. The van der Waals surface area contributed by atoms with Crippen LogP contribution in [0, 0.1) is 5.82 Å². The summed E-state index contributed by atoms with van der Waals surface area (Å²) in [6.07, 6.45) is -0.681. The Bertz CT molecular complexity index is 1100. The highest BCUT2D eigenvalue weighted by Crippen LogP contribution is 2.35. The lowest BCUT2D eigenvalue weighted by molar-refractivity contribution is 0.0338. The topological polar surface area (TPSA) is 80.4 Å². The fraction of sp³-hybridized carbons (Fsp3) is 0.423. The van der Waals surface area contributed by atoms with Crippen LogP contribution in [0.15, 0.2) is 47.0 Å². The van der Waals surface area contributed by atoms with Crippen molar-refractivity contribution in [3.8, 4) is 22.8 Å². The van der Waals surface area contributed by atoms with Crippen molar-refractivity contribution in [3.05, 3.63) is 59.4 Å². The molecule has 0 fully saturated rings. The predicted molar refractivity (Wildman–Crippen MR) is 130 cm³/mol. The molecule has 8 nitrogen and oxygen atoms in total. The first kappa shape index (κ1) is 25.0. The largest absolute Gasteiger partial charge is 0.454 e. The summed E-state index contributed by atoms with van der Waals surface area (Å²) in [6.45, 7) is 7.40. The number of halogens is 1. The van der Waals surface area contributed by atoms with Gasteiger partial charge in [-0.15, -0.1) is 0 Å². The Hall–Kier alpha value is -3.14. The van der Waals surface area contributed by atoms with Crippen molar-refractivity contribution in [1.82, 2.24) is 10.1 Å². The summed E-state index contributed by atoms with van der Waals surface area (Å²) in [5, 5.41) is 14.9. The molecule has 0 saturated carbocycles. The number of methoxy groups -OCH3 is 1. The fourth-order valence-corrected chi connectivity index (χ4v) is 4.29. The molecule has 1 unspecified atom stereocenters. The Kier molecular flexibility index (Phi) is 8.22. The standard InChI is InChI=1S/C26H32FN3O5/c1-4-30(5-2)26-22(25(28-35-26)19-7-9-20(27)10-8-19)15-29(14-21(31)16-32-3)13-18-6-11-23-24(12-18)34-17-33-23/h6-12,21,31H,4-5,13-17H2,1-3H3. The number of nitrogens with zero attached hydrogens (tertiary/aromatic N) is 3. The van der Waals surface area contributed by atoms with Crippen LogP contribution in [-0.4, -0.2) is 61.4 Å². The normalized spacial score (nSPS) is 13.4. The van der Waals surface area contributed by atoms with Crippen LogP contribution in [0.4, 0.5) is 10.3 Å². The van der Waals surface area contributed by atoms with Gasteiger partial charge in [0.25, 0.3) is 0 Å². The van der Waals surface area contributed by atoms with Gasteiger partial charge in [-0.3, -0.25) is 4.90 Å². The van der Waals surface area contributed by atoms with E-state index in [1.807, 2.05) is 18.2 Å². The van der Waals surface area contributed by atoms with Gasteiger partial charge in [0.1, 0.15) is 11.5 Å². The molecule has 2 heterocycles. The molecule has 188 valence electrons. The van der Waals surface area contributed by atoms with Gasteiger partial charge in [0.15, 0.2) is 11.5 Å². The number of aliphatic hydroxyl groups excluding tert-OH is 1. The minimum Gasteiger partial charge on any atom is -0.454 e. The van der Waals surface area contributed by atoms with Crippen LogP contribution in [0.1, 0.15) is 25.0 Å². The Morgan fingerprint density at radius 3 is 2.51 bits per heavy atom. The fourth-order valence-electron chi connectivity index (χ4n) is 4.29. The first-order valence-corrected chi connectivity index (χ1v) is 11.8. The number of aliphatic hydroxyl groups is 1. The lowest BCUT2D eigenvalue weighted by Crippen LogP contribution is -2.34. The smallest absolute Gasteiger partial charge is 0.232 e. The Labute approximate surface area is 204 Å². The van der Waals surface area contributed by atoms with Gasteiger partial charge in [0.2, 0.25) is 12.7 Å². The monoisotopic (exact) mass is 485 g/mol. The van der Waals surface area contributed by atoms with Crippen LogP contribution in [0.25, 0.3) is 11.3 Å². The van der Waals surface area contributed by atoms with Crippen molar-refractivity contribution in [2.75, 3.05) is 45.0 Å². The summed E-state index contributed by atoms with van der Waals surface area (Å²) >= 11 is 0. The summed E-state index contributed by atoms with van der Waals surface area (Å²) in [4.78, 5) is 4.22. The van der Waals surface area contributed by atoms with E-state index in [1.165, 1.54) is 12.1 Å². The molecule has 1 N–H and O–H groups in total. The van der Waals surface area contributed by atoms with Crippen molar-refractivity contribution >= 4 is 5.88 Å². The van der Waals surface area contributed by atoms with E-state index in [0.29, 0.717) is 37.0 Å². The maximum absolute atomic E-state index is 13.6. The van der Waals surface area contributed by atoms with E-state index in [-0.39, 0.29) is 19.2 Å². The number of rotatable bonds is 12. The summed E-state index contributed by atoms with van der Waals surface area (Å²) in [7, 11) is 1.57.